The Labute approximate surface area is 120 Å². The number of unbranched alkanes of at least 4 members (excludes halogenated alkanes) is 1. The number of sulfonamides is 1. The van der Waals surface area contributed by atoms with Crippen LogP contribution in [0.4, 0.5) is 0 Å². The molecule has 7 heteroatoms. The molecule has 0 radical (unpaired) electrons. The number of nitrogens with one attached hydrogen (secondary N) is 1. The Morgan fingerprint density at radius 1 is 1.24 bits per heavy atom. The average Bonchev–Trinajstić information content (AvgIpc) is 2.28. The van der Waals surface area contributed by atoms with Gasteiger partial charge < -0.3 is 0 Å². The second-order valence-corrected chi connectivity index (χ2v) is 6.74. The molecular weight excluding hydrogens is 349 g/mol. The van der Waals surface area contributed by atoms with Crippen LogP contribution in [0.15, 0.2) is 23.1 Å². The van der Waals surface area contributed by atoms with Crippen LogP contribution < -0.4 is 4.72 Å². The van der Waals surface area contributed by atoms with Crippen LogP contribution in [0.2, 0.25) is 10.0 Å². The van der Waals surface area contributed by atoms with Gasteiger partial charge in [-0.05, 0) is 31.0 Å². The Balaban J connectivity index is 2.79. The number of benzene rings is 1. The molecule has 1 aromatic carbocycles. The van der Waals surface area contributed by atoms with Crippen LogP contribution in [0.25, 0.3) is 0 Å². The summed E-state index contributed by atoms with van der Waals surface area (Å²) in [6.45, 7) is 0.386. The highest BCUT2D eigenvalue weighted by Gasteiger charge is 2.17. The van der Waals surface area contributed by atoms with Gasteiger partial charge in [-0.2, -0.15) is 0 Å². The number of hydrogen-bond donors (Lipinski definition) is 1. The summed E-state index contributed by atoms with van der Waals surface area (Å²) >= 11 is 14.9. The lowest BCUT2D eigenvalue weighted by atomic mass is 10.3. The number of alkyl halides is 1. The first kappa shape index (κ1) is 15.2. The second kappa shape index (κ2) is 6.95. The van der Waals surface area contributed by atoms with Gasteiger partial charge in [-0.25, -0.2) is 13.1 Å². The van der Waals surface area contributed by atoms with Crippen LogP contribution in [0.1, 0.15) is 12.8 Å². The molecule has 0 heterocycles. The summed E-state index contributed by atoms with van der Waals surface area (Å²) in [4.78, 5) is 0.0190. The van der Waals surface area contributed by atoms with Crippen LogP contribution in [0, 0.1) is 0 Å². The van der Waals surface area contributed by atoms with Gasteiger partial charge in [-0.1, -0.05) is 39.1 Å². The molecule has 0 bridgehead atoms. The van der Waals surface area contributed by atoms with Gasteiger partial charge in [-0.3, -0.25) is 0 Å². The van der Waals surface area contributed by atoms with E-state index in [9.17, 15) is 8.42 Å². The zero-order valence-corrected chi connectivity index (χ0v) is 12.8. The van der Waals surface area contributed by atoms with Crippen LogP contribution in [-0.4, -0.2) is 20.3 Å². The molecule has 0 amide bonds. The van der Waals surface area contributed by atoms with Crippen molar-refractivity contribution < 1.29 is 8.42 Å². The summed E-state index contributed by atoms with van der Waals surface area (Å²) in [5.41, 5.74) is 0. The maximum Gasteiger partial charge on any atom is 0.242 e. The molecule has 0 saturated carbocycles. The first-order valence-corrected chi connectivity index (χ1v) is 8.34. The number of hydrogen-bond acceptors (Lipinski definition) is 2. The topological polar surface area (TPSA) is 46.2 Å². The summed E-state index contributed by atoms with van der Waals surface area (Å²) in [6, 6.07) is 4.36. The van der Waals surface area contributed by atoms with Gasteiger partial charge in [0.1, 0.15) is 4.90 Å². The van der Waals surface area contributed by atoms with Crippen LogP contribution in [0.5, 0.6) is 0 Å². The monoisotopic (exact) mass is 359 g/mol. The van der Waals surface area contributed by atoms with Crippen LogP contribution >= 0.6 is 39.1 Å². The van der Waals surface area contributed by atoms with E-state index in [4.69, 9.17) is 23.2 Å². The van der Waals surface area contributed by atoms with Crippen molar-refractivity contribution in [3.8, 4) is 0 Å². The summed E-state index contributed by atoms with van der Waals surface area (Å²) in [7, 11) is -3.58. The molecule has 1 aromatic rings. The van der Waals surface area contributed by atoms with Gasteiger partial charge in [0.2, 0.25) is 10.0 Å². The highest BCUT2D eigenvalue weighted by Crippen LogP contribution is 2.24. The molecule has 0 fully saturated rings. The second-order valence-electron chi connectivity index (χ2n) is 3.37. The Bertz CT molecular complexity index is 479. The highest BCUT2D eigenvalue weighted by atomic mass is 79.9. The quantitative estimate of drug-likeness (QED) is 0.623. The third kappa shape index (κ3) is 4.75. The molecule has 0 aromatic heterocycles. The molecule has 0 aliphatic carbocycles. The van der Waals surface area contributed by atoms with E-state index in [0.717, 1.165) is 18.2 Å². The fraction of sp³-hybridized carbons (Fsp3) is 0.400. The maximum atomic E-state index is 11.9. The lowest BCUT2D eigenvalue weighted by Gasteiger charge is -2.08. The molecule has 0 spiro atoms. The van der Waals surface area contributed by atoms with Crippen molar-refractivity contribution in [2.75, 3.05) is 11.9 Å². The van der Waals surface area contributed by atoms with E-state index in [1.165, 1.54) is 12.1 Å². The summed E-state index contributed by atoms with van der Waals surface area (Å²) in [6.07, 6.45) is 1.68. The van der Waals surface area contributed by atoms with Gasteiger partial charge in [0.05, 0.1) is 5.02 Å². The predicted octanol–water partition coefficient (Wildman–Crippen LogP) is 3.45. The number of halogens is 3. The first-order chi connectivity index (χ1) is 7.97. The van der Waals surface area contributed by atoms with Crippen LogP contribution in [-0.2, 0) is 10.0 Å². The van der Waals surface area contributed by atoms with E-state index in [0.29, 0.717) is 11.6 Å². The summed E-state index contributed by atoms with van der Waals surface area (Å²) in [5, 5.41) is 1.37. The zero-order valence-electron chi connectivity index (χ0n) is 8.92. The number of rotatable bonds is 6. The molecule has 17 heavy (non-hydrogen) atoms. The van der Waals surface area contributed by atoms with E-state index in [-0.39, 0.29) is 9.92 Å². The molecular formula is C10H12BrCl2NO2S. The highest BCUT2D eigenvalue weighted by molar-refractivity contribution is 9.09. The van der Waals surface area contributed by atoms with E-state index < -0.39 is 10.0 Å². The molecule has 1 N–H and O–H groups in total. The van der Waals surface area contributed by atoms with Gasteiger partial charge in [0, 0.05) is 16.9 Å². The van der Waals surface area contributed by atoms with Crippen molar-refractivity contribution in [1.82, 2.24) is 4.72 Å². The van der Waals surface area contributed by atoms with Crippen molar-refractivity contribution in [2.45, 2.75) is 17.7 Å². The third-order valence-electron chi connectivity index (χ3n) is 2.04. The van der Waals surface area contributed by atoms with E-state index in [1.807, 2.05) is 0 Å². The smallest absolute Gasteiger partial charge is 0.211 e. The van der Waals surface area contributed by atoms with Crippen molar-refractivity contribution in [1.29, 1.82) is 0 Å². The fourth-order valence-electron chi connectivity index (χ4n) is 1.19. The molecule has 0 aliphatic heterocycles. The van der Waals surface area contributed by atoms with E-state index >= 15 is 0 Å². The van der Waals surface area contributed by atoms with Gasteiger partial charge in [-0.15, -0.1) is 0 Å². The Kier molecular flexibility index (Phi) is 6.23. The average molecular weight is 361 g/mol. The lowest BCUT2D eigenvalue weighted by Crippen LogP contribution is -2.25. The third-order valence-corrected chi connectivity index (χ3v) is 4.77. The Morgan fingerprint density at radius 3 is 2.59 bits per heavy atom. The molecule has 0 unspecified atom stereocenters. The van der Waals surface area contributed by atoms with Gasteiger partial charge in [0.15, 0.2) is 0 Å². The van der Waals surface area contributed by atoms with Crippen molar-refractivity contribution in [3.63, 3.8) is 0 Å². The summed E-state index contributed by atoms with van der Waals surface area (Å²) in [5.74, 6) is 0. The maximum absolute atomic E-state index is 11.9. The van der Waals surface area contributed by atoms with Crippen molar-refractivity contribution in [2.24, 2.45) is 0 Å². The van der Waals surface area contributed by atoms with Crippen molar-refractivity contribution >= 4 is 49.2 Å². The fourth-order valence-corrected chi connectivity index (χ4v) is 3.42. The normalized spacial score (nSPS) is 11.7. The summed E-state index contributed by atoms with van der Waals surface area (Å²) < 4.78 is 26.3. The van der Waals surface area contributed by atoms with Crippen molar-refractivity contribution in [3.05, 3.63) is 28.2 Å². The molecule has 3 nitrogen and oxygen atoms in total. The van der Waals surface area contributed by atoms with Gasteiger partial charge >= 0.3 is 0 Å². The van der Waals surface area contributed by atoms with Crippen LogP contribution in [0.3, 0.4) is 0 Å². The predicted molar refractivity (Wildman–Crippen MR) is 74.7 cm³/mol. The van der Waals surface area contributed by atoms with E-state index in [2.05, 4.69) is 20.7 Å². The molecule has 0 saturated heterocycles. The minimum atomic E-state index is -3.58. The lowest BCUT2D eigenvalue weighted by molar-refractivity contribution is 0.578. The molecule has 1 rings (SSSR count). The molecule has 0 aliphatic rings. The minimum Gasteiger partial charge on any atom is -0.211 e. The first-order valence-electron chi connectivity index (χ1n) is 4.98. The molecule has 96 valence electrons. The SMILES string of the molecule is O=S(=O)(NCCCCBr)c1cc(Cl)ccc1Cl. The molecule has 0 atom stereocenters. The van der Waals surface area contributed by atoms with Gasteiger partial charge in [0.25, 0.3) is 0 Å². The minimum absolute atomic E-state index is 0.0190. The Morgan fingerprint density at radius 2 is 1.94 bits per heavy atom. The zero-order chi connectivity index (χ0) is 12.9. The van der Waals surface area contributed by atoms with E-state index in [1.54, 1.807) is 6.07 Å². The standard InChI is InChI=1S/C10H12BrCl2NO2S/c11-5-1-2-6-14-17(15,16)10-7-8(12)3-4-9(10)13/h3-4,7,14H,1-2,5-6H2. The largest absolute Gasteiger partial charge is 0.242 e. The Hall–Kier alpha value is 0.190.